The number of nitrogens with two attached hydrogens (primary N) is 1. The van der Waals surface area contributed by atoms with Crippen molar-refractivity contribution >= 4 is 5.91 Å². The molecule has 3 nitrogen and oxygen atoms in total. The minimum absolute atomic E-state index is 0.0430. The van der Waals surface area contributed by atoms with E-state index in [1.165, 1.54) is 23.1 Å². The summed E-state index contributed by atoms with van der Waals surface area (Å²) >= 11 is 0. The molecule has 0 bridgehead atoms. The van der Waals surface area contributed by atoms with Gasteiger partial charge in [-0.1, -0.05) is 12.1 Å². The van der Waals surface area contributed by atoms with Crippen molar-refractivity contribution in [3.8, 4) is 0 Å². The number of carbonyl (C=O) groups is 1. The van der Waals surface area contributed by atoms with Gasteiger partial charge >= 0.3 is 6.18 Å². The van der Waals surface area contributed by atoms with E-state index < -0.39 is 17.6 Å². The number of hydrogen-bond acceptors (Lipinski definition) is 2. The van der Waals surface area contributed by atoms with Gasteiger partial charge in [0.2, 0.25) is 0 Å². The Morgan fingerprint density at radius 3 is 2.33 bits per heavy atom. The zero-order chi connectivity index (χ0) is 15.6. The van der Waals surface area contributed by atoms with Crippen LogP contribution in [0.25, 0.3) is 0 Å². The molecule has 0 aliphatic heterocycles. The molecular weight excluding hydrogens is 281 g/mol. The Morgan fingerprint density at radius 2 is 1.76 bits per heavy atom. The first kappa shape index (κ1) is 15.8. The molecule has 1 aliphatic rings. The summed E-state index contributed by atoms with van der Waals surface area (Å²) in [6.07, 6.45) is -1.47. The second-order valence-electron chi connectivity index (χ2n) is 5.53. The normalized spacial score (nSPS) is 22.9. The van der Waals surface area contributed by atoms with Crippen molar-refractivity contribution in [2.24, 2.45) is 5.73 Å². The summed E-state index contributed by atoms with van der Waals surface area (Å²) in [5, 5.41) is 0. The highest BCUT2D eigenvalue weighted by Crippen LogP contribution is 2.33. The number of carbonyl (C=O) groups excluding carboxylic acids is 1. The lowest BCUT2D eigenvalue weighted by atomic mass is 9.90. The SMILES string of the molecule is CN(C(=O)c1ccccc1C(F)(F)F)C1CCC(N)CC1. The molecule has 0 heterocycles. The molecule has 0 spiro atoms. The van der Waals surface area contributed by atoms with Crippen molar-refractivity contribution in [2.45, 2.75) is 43.9 Å². The van der Waals surface area contributed by atoms with Crippen molar-refractivity contribution in [1.82, 2.24) is 4.90 Å². The lowest BCUT2D eigenvalue weighted by Crippen LogP contribution is -2.42. The minimum Gasteiger partial charge on any atom is -0.339 e. The van der Waals surface area contributed by atoms with Gasteiger partial charge in [-0.25, -0.2) is 0 Å². The molecule has 0 atom stereocenters. The Labute approximate surface area is 121 Å². The minimum atomic E-state index is -4.53. The van der Waals surface area contributed by atoms with Gasteiger partial charge < -0.3 is 10.6 Å². The summed E-state index contributed by atoms with van der Waals surface area (Å²) in [7, 11) is 1.57. The summed E-state index contributed by atoms with van der Waals surface area (Å²) in [4.78, 5) is 13.8. The van der Waals surface area contributed by atoms with Crippen LogP contribution in [0.15, 0.2) is 24.3 Å². The largest absolute Gasteiger partial charge is 0.417 e. The first-order valence-corrected chi connectivity index (χ1v) is 6.99. The zero-order valence-electron chi connectivity index (χ0n) is 11.9. The fourth-order valence-corrected chi connectivity index (χ4v) is 2.76. The van der Waals surface area contributed by atoms with Gasteiger partial charge in [-0.3, -0.25) is 4.79 Å². The number of nitrogens with zero attached hydrogens (tertiary/aromatic N) is 1. The van der Waals surface area contributed by atoms with E-state index in [9.17, 15) is 18.0 Å². The third-order valence-corrected chi connectivity index (χ3v) is 4.07. The predicted molar refractivity (Wildman–Crippen MR) is 73.8 cm³/mol. The van der Waals surface area contributed by atoms with E-state index in [4.69, 9.17) is 5.73 Å². The second-order valence-corrected chi connectivity index (χ2v) is 5.53. The number of alkyl halides is 3. The first-order chi connectivity index (χ1) is 9.80. The van der Waals surface area contributed by atoms with Crippen LogP contribution in [0.5, 0.6) is 0 Å². The monoisotopic (exact) mass is 300 g/mol. The Hall–Kier alpha value is -1.56. The molecule has 1 saturated carbocycles. The molecule has 116 valence electrons. The van der Waals surface area contributed by atoms with Gasteiger partial charge in [0.15, 0.2) is 0 Å². The molecule has 6 heteroatoms. The average molecular weight is 300 g/mol. The molecule has 2 N–H and O–H groups in total. The number of amides is 1. The quantitative estimate of drug-likeness (QED) is 0.912. The summed E-state index contributed by atoms with van der Waals surface area (Å²) in [5.74, 6) is -0.580. The van der Waals surface area contributed by atoms with Gasteiger partial charge in [-0.2, -0.15) is 13.2 Å². The Kier molecular flexibility index (Phi) is 4.56. The van der Waals surface area contributed by atoms with Crippen molar-refractivity contribution in [3.63, 3.8) is 0 Å². The number of benzene rings is 1. The Bertz CT molecular complexity index is 508. The van der Waals surface area contributed by atoms with Crippen LogP contribution in [0.1, 0.15) is 41.6 Å². The van der Waals surface area contributed by atoms with Gasteiger partial charge in [0.25, 0.3) is 5.91 Å². The number of rotatable bonds is 2. The van der Waals surface area contributed by atoms with Crippen LogP contribution in [-0.2, 0) is 6.18 Å². The maximum atomic E-state index is 13.0. The zero-order valence-corrected chi connectivity index (χ0v) is 11.9. The van der Waals surface area contributed by atoms with Crippen LogP contribution in [0.3, 0.4) is 0 Å². The lowest BCUT2D eigenvalue weighted by Gasteiger charge is -2.34. The molecule has 0 aromatic heterocycles. The standard InChI is InChI=1S/C15H19F3N2O/c1-20(11-8-6-10(19)7-9-11)14(21)12-4-2-3-5-13(12)15(16,17)18/h2-5,10-11H,6-9,19H2,1H3. The number of halogens is 3. The maximum Gasteiger partial charge on any atom is 0.417 e. The smallest absolute Gasteiger partial charge is 0.339 e. The molecule has 0 saturated heterocycles. The summed E-state index contributed by atoms with van der Waals surface area (Å²) in [5.41, 5.74) is 4.64. The van der Waals surface area contributed by atoms with Crippen LogP contribution in [0, 0.1) is 0 Å². The first-order valence-electron chi connectivity index (χ1n) is 6.99. The van der Waals surface area contributed by atoms with Crippen molar-refractivity contribution in [1.29, 1.82) is 0 Å². The van der Waals surface area contributed by atoms with E-state index in [1.54, 1.807) is 7.05 Å². The fourth-order valence-electron chi connectivity index (χ4n) is 2.76. The molecule has 1 aliphatic carbocycles. The predicted octanol–water partition coefficient (Wildman–Crippen LogP) is 3.05. The highest BCUT2D eigenvalue weighted by atomic mass is 19.4. The van der Waals surface area contributed by atoms with E-state index in [0.717, 1.165) is 31.7 Å². The van der Waals surface area contributed by atoms with Crippen molar-refractivity contribution in [2.75, 3.05) is 7.05 Å². The molecule has 1 amide bonds. The summed E-state index contributed by atoms with van der Waals surface area (Å²) in [6.45, 7) is 0. The number of hydrogen-bond donors (Lipinski definition) is 1. The lowest BCUT2D eigenvalue weighted by molar-refractivity contribution is -0.138. The van der Waals surface area contributed by atoms with Gasteiger partial charge in [-0.05, 0) is 37.8 Å². The third-order valence-electron chi connectivity index (χ3n) is 4.07. The van der Waals surface area contributed by atoms with Gasteiger partial charge in [0, 0.05) is 19.1 Å². The topological polar surface area (TPSA) is 46.3 Å². The molecular formula is C15H19F3N2O. The van der Waals surface area contributed by atoms with Gasteiger partial charge in [-0.15, -0.1) is 0 Å². The Balaban J connectivity index is 2.20. The van der Waals surface area contributed by atoms with Crippen molar-refractivity contribution in [3.05, 3.63) is 35.4 Å². The molecule has 0 unspecified atom stereocenters. The average Bonchev–Trinajstić information content (AvgIpc) is 2.45. The van der Waals surface area contributed by atoms with Crippen molar-refractivity contribution < 1.29 is 18.0 Å². The Morgan fingerprint density at radius 1 is 1.19 bits per heavy atom. The molecule has 21 heavy (non-hydrogen) atoms. The van der Waals surface area contributed by atoms with Crippen LogP contribution in [0.4, 0.5) is 13.2 Å². The van der Waals surface area contributed by atoms with Crippen LogP contribution >= 0.6 is 0 Å². The van der Waals surface area contributed by atoms with E-state index in [1.807, 2.05) is 0 Å². The maximum absolute atomic E-state index is 13.0. The second kappa shape index (κ2) is 6.05. The molecule has 0 radical (unpaired) electrons. The van der Waals surface area contributed by atoms with E-state index in [2.05, 4.69) is 0 Å². The third kappa shape index (κ3) is 3.56. The van der Waals surface area contributed by atoms with Gasteiger partial charge in [0.05, 0.1) is 11.1 Å². The molecule has 2 rings (SSSR count). The fraction of sp³-hybridized carbons (Fsp3) is 0.533. The highest BCUT2D eigenvalue weighted by Gasteiger charge is 2.36. The summed E-state index contributed by atoms with van der Waals surface area (Å²) in [6, 6.07) is 5.01. The molecule has 1 aromatic carbocycles. The van der Waals surface area contributed by atoms with Crippen LogP contribution in [0.2, 0.25) is 0 Å². The highest BCUT2D eigenvalue weighted by molar-refractivity contribution is 5.96. The molecule has 1 aromatic rings. The van der Waals surface area contributed by atoms with E-state index >= 15 is 0 Å². The van der Waals surface area contributed by atoms with E-state index in [-0.39, 0.29) is 17.6 Å². The van der Waals surface area contributed by atoms with Crippen LogP contribution < -0.4 is 5.73 Å². The summed E-state index contributed by atoms with van der Waals surface area (Å²) < 4.78 is 38.9. The van der Waals surface area contributed by atoms with Crippen LogP contribution in [-0.4, -0.2) is 29.9 Å². The van der Waals surface area contributed by atoms with E-state index in [0.29, 0.717) is 0 Å². The van der Waals surface area contributed by atoms with Gasteiger partial charge in [0.1, 0.15) is 0 Å². The molecule has 1 fully saturated rings.